The molecule has 16 heavy (non-hydrogen) atoms. The molecule has 0 aromatic heterocycles. The third kappa shape index (κ3) is 2.74. The molecule has 0 radical (unpaired) electrons. The van der Waals surface area contributed by atoms with Crippen molar-refractivity contribution < 1.29 is 14.6 Å². The molecule has 3 nitrogen and oxygen atoms in total. The van der Waals surface area contributed by atoms with Crippen molar-refractivity contribution in [2.75, 3.05) is 7.11 Å². The number of hydrogen-bond acceptors (Lipinski definition) is 3. The molecule has 1 N–H and O–H groups in total. The second-order valence-corrected chi connectivity index (χ2v) is 4.29. The van der Waals surface area contributed by atoms with Crippen molar-refractivity contribution in [3.63, 3.8) is 0 Å². The van der Waals surface area contributed by atoms with Gasteiger partial charge in [0.15, 0.2) is 6.10 Å². The molecule has 1 aromatic rings. The second kappa shape index (κ2) is 5.32. The van der Waals surface area contributed by atoms with Gasteiger partial charge in [-0.25, -0.2) is 4.79 Å². The van der Waals surface area contributed by atoms with Gasteiger partial charge in [0.05, 0.1) is 7.11 Å². The van der Waals surface area contributed by atoms with Gasteiger partial charge in [0.1, 0.15) is 0 Å². The Morgan fingerprint density at radius 3 is 2.50 bits per heavy atom. The molecule has 0 bridgehead atoms. The zero-order valence-corrected chi connectivity index (χ0v) is 10.3. The van der Waals surface area contributed by atoms with Crippen LogP contribution in [0.4, 0.5) is 0 Å². The maximum atomic E-state index is 11.3. The minimum atomic E-state index is -1.28. The molecule has 0 aliphatic heterocycles. The van der Waals surface area contributed by atoms with Gasteiger partial charge < -0.3 is 9.84 Å². The number of rotatable bonds is 3. The summed E-state index contributed by atoms with van der Waals surface area (Å²) in [5.41, 5.74) is 1.40. The zero-order valence-electron chi connectivity index (χ0n) is 9.53. The standard InChI is InChI=1S/C12H15ClO3/c1-7(2)9-5-4-8(13)6-10(9)11(14)12(15)16-3/h4-7,11,14H,1-3H3. The highest BCUT2D eigenvalue weighted by Crippen LogP contribution is 2.28. The first-order valence-electron chi connectivity index (χ1n) is 5.02. The van der Waals surface area contributed by atoms with Crippen LogP contribution in [0.2, 0.25) is 5.02 Å². The van der Waals surface area contributed by atoms with Crippen molar-refractivity contribution in [1.82, 2.24) is 0 Å². The third-order valence-electron chi connectivity index (χ3n) is 2.39. The maximum Gasteiger partial charge on any atom is 0.339 e. The van der Waals surface area contributed by atoms with Gasteiger partial charge in [-0.1, -0.05) is 31.5 Å². The lowest BCUT2D eigenvalue weighted by atomic mass is 9.94. The molecule has 1 unspecified atom stereocenters. The van der Waals surface area contributed by atoms with Gasteiger partial charge in [0.25, 0.3) is 0 Å². The summed E-state index contributed by atoms with van der Waals surface area (Å²) in [5.74, 6) is -0.476. The highest BCUT2D eigenvalue weighted by molar-refractivity contribution is 6.30. The number of aliphatic hydroxyl groups is 1. The Bertz CT molecular complexity index is 388. The fraction of sp³-hybridized carbons (Fsp3) is 0.417. The SMILES string of the molecule is COC(=O)C(O)c1cc(Cl)ccc1C(C)C. The lowest BCUT2D eigenvalue weighted by Gasteiger charge is -2.16. The van der Waals surface area contributed by atoms with Gasteiger partial charge in [-0.2, -0.15) is 0 Å². The van der Waals surface area contributed by atoms with Gasteiger partial charge in [-0.05, 0) is 29.2 Å². The van der Waals surface area contributed by atoms with E-state index in [4.69, 9.17) is 11.6 Å². The quantitative estimate of drug-likeness (QED) is 0.829. The topological polar surface area (TPSA) is 46.5 Å². The van der Waals surface area contributed by atoms with Crippen LogP contribution < -0.4 is 0 Å². The van der Waals surface area contributed by atoms with Crippen molar-refractivity contribution in [3.8, 4) is 0 Å². The Morgan fingerprint density at radius 2 is 2.00 bits per heavy atom. The molecule has 0 spiro atoms. The summed E-state index contributed by atoms with van der Waals surface area (Å²) in [6, 6.07) is 5.15. The molecule has 1 atom stereocenters. The fourth-order valence-corrected chi connectivity index (χ4v) is 1.73. The number of halogens is 1. The van der Waals surface area contributed by atoms with Gasteiger partial charge in [0.2, 0.25) is 0 Å². The van der Waals surface area contributed by atoms with E-state index in [1.807, 2.05) is 19.9 Å². The van der Waals surface area contributed by atoms with E-state index in [1.165, 1.54) is 7.11 Å². The highest BCUT2D eigenvalue weighted by Gasteiger charge is 2.22. The summed E-state index contributed by atoms with van der Waals surface area (Å²) in [6.07, 6.45) is -1.28. The van der Waals surface area contributed by atoms with E-state index in [-0.39, 0.29) is 5.92 Å². The summed E-state index contributed by atoms with van der Waals surface area (Å²) < 4.78 is 4.51. The van der Waals surface area contributed by atoms with Crippen molar-refractivity contribution in [3.05, 3.63) is 34.3 Å². The number of aliphatic hydroxyl groups excluding tert-OH is 1. The van der Waals surface area contributed by atoms with Crippen molar-refractivity contribution in [2.24, 2.45) is 0 Å². The van der Waals surface area contributed by atoms with Crippen LogP contribution in [0.3, 0.4) is 0 Å². The van der Waals surface area contributed by atoms with Crippen LogP contribution in [0.1, 0.15) is 37.0 Å². The Labute approximate surface area is 100.0 Å². The lowest BCUT2D eigenvalue weighted by molar-refractivity contribution is -0.150. The first kappa shape index (κ1) is 13.0. The summed E-state index contributed by atoms with van der Waals surface area (Å²) in [5, 5.41) is 10.3. The number of carbonyl (C=O) groups is 1. The van der Waals surface area contributed by atoms with Crippen LogP contribution in [0.15, 0.2) is 18.2 Å². The molecule has 4 heteroatoms. The van der Waals surface area contributed by atoms with Crippen LogP contribution in [-0.2, 0) is 9.53 Å². The van der Waals surface area contributed by atoms with Crippen molar-refractivity contribution in [1.29, 1.82) is 0 Å². The first-order valence-corrected chi connectivity index (χ1v) is 5.40. The number of ether oxygens (including phenoxy) is 1. The van der Waals surface area contributed by atoms with Crippen molar-refractivity contribution >= 4 is 17.6 Å². The Morgan fingerprint density at radius 1 is 1.38 bits per heavy atom. The Kier molecular flexibility index (Phi) is 4.33. The van der Waals surface area contributed by atoms with E-state index >= 15 is 0 Å². The first-order chi connectivity index (χ1) is 7.47. The monoisotopic (exact) mass is 242 g/mol. The Hall–Kier alpha value is -1.06. The van der Waals surface area contributed by atoms with Crippen LogP contribution in [-0.4, -0.2) is 18.2 Å². The van der Waals surface area contributed by atoms with Crippen LogP contribution >= 0.6 is 11.6 Å². The lowest BCUT2D eigenvalue weighted by Crippen LogP contribution is -2.15. The second-order valence-electron chi connectivity index (χ2n) is 3.85. The fourth-order valence-electron chi connectivity index (χ4n) is 1.55. The van der Waals surface area contributed by atoms with E-state index in [0.29, 0.717) is 10.6 Å². The molecule has 1 aromatic carbocycles. The minimum Gasteiger partial charge on any atom is -0.467 e. The normalized spacial score (nSPS) is 12.6. The Balaban J connectivity index is 3.19. The summed E-state index contributed by atoms with van der Waals surface area (Å²) in [4.78, 5) is 11.3. The van der Waals surface area contributed by atoms with Crippen molar-refractivity contribution in [2.45, 2.75) is 25.9 Å². The number of carbonyl (C=O) groups excluding carboxylic acids is 1. The number of methoxy groups -OCH3 is 1. The summed E-state index contributed by atoms with van der Waals surface area (Å²) in [6.45, 7) is 3.97. The van der Waals surface area contributed by atoms with E-state index < -0.39 is 12.1 Å². The highest BCUT2D eigenvalue weighted by atomic mass is 35.5. The minimum absolute atomic E-state index is 0.201. The molecule has 0 aliphatic carbocycles. The molecule has 0 saturated heterocycles. The molecule has 0 fully saturated rings. The average Bonchev–Trinajstić information content (AvgIpc) is 2.26. The molecule has 0 aliphatic rings. The van der Waals surface area contributed by atoms with Gasteiger partial charge in [0, 0.05) is 5.02 Å². The van der Waals surface area contributed by atoms with Gasteiger partial charge in [-0.3, -0.25) is 0 Å². The predicted molar refractivity (Wildman–Crippen MR) is 62.5 cm³/mol. The molecule has 0 amide bonds. The third-order valence-corrected chi connectivity index (χ3v) is 2.62. The molecule has 88 valence electrons. The van der Waals surface area contributed by atoms with E-state index in [2.05, 4.69) is 4.74 Å². The molecular weight excluding hydrogens is 228 g/mol. The van der Waals surface area contributed by atoms with E-state index in [1.54, 1.807) is 12.1 Å². The zero-order chi connectivity index (χ0) is 12.3. The number of hydrogen-bond donors (Lipinski definition) is 1. The largest absolute Gasteiger partial charge is 0.467 e. The summed E-state index contributed by atoms with van der Waals surface area (Å²) >= 11 is 5.85. The molecule has 0 heterocycles. The van der Waals surface area contributed by atoms with Gasteiger partial charge in [-0.15, -0.1) is 0 Å². The molecule has 0 saturated carbocycles. The smallest absolute Gasteiger partial charge is 0.339 e. The molecular formula is C12H15ClO3. The van der Waals surface area contributed by atoms with Crippen LogP contribution in [0.5, 0.6) is 0 Å². The number of esters is 1. The summed E-state index contributed by atoms with van der Waals surface area (Å²) in [7, 11) is 1.24. The molecule has 1 rings (SSSR count). The predicted octanol–water partition coefficient (Wildman–Crippen LogP) is 2.67. The van der Waals surface area contributed by atoms with Crippen LogP contribution in [0.25, 0.3) is 0 Å². The van der Waals surface area contributed by atoms with Crippen LogP contribution in [0, 0.1) is 0 Å². The van der Waals surface area contributed by atoms with E-state index in [9.17, 15) is 9.90 Å². The van der Waals surface area contributed by atoms with E-state index in [0.717, 1.165) is 5.56 Å². The number of benzene rings is 1. The average molecular weight is 243 g/mol. The maximum absolute atomic E-state index is 11.3. The van der Waals surface area contributed by atoms with Gasteiger partial charge >= 0.3 is 5.97 Å².